The number of pyridine rings is 1. The lowest BCUT2D eigenvalue weighted by Crippen LogP contribution is -2.41. The summed E-state index contributed by atoms with van der Waals surface area (Å²) < 4.78 is 40.9. The molecule has 23 heavy (non-hydrogen) atoms. The molecule has 0 unspecified atom stereocenters. The van der Waals surface area contributed by atoms with E-state index in [4.69, 9.17) is 0 Å². The second kappa shape index (κ2) is 7.16. The molecule has 1 aromatic heterocycles. The van der Waals surface area contributed by atoms with Gasteiger partial charge in [-0.25, -0.2) is 4.98 Å². The summed E-state index contributed by atoms with van der Waals surface area (Å²) in [5.74, 6) is -0.0593. The minimum atomic E-state index is -4.44. The van der Waals surface area contributed by atoms with Gasteiger partial charge in [-0.15, -0.1) is 0 Å². The summed E-state index contributed by atoms with van der Waals surface area (Å²) in [5, 5.41) is 2.78. The molecule has 1 aliphatic rings. The first kappa shape index (κ1) is 17.5. The van der Waals surface area contributed by atoms with Gasteiger partial charge >= 0.3 is 6.18 Å². The van der Waals surface area contributed by atoms with Crippen LogP contribution in [0, 0.1) is 5.92 Å². The normalized spacial score (nSPS) is 16.3. The zero-order chi connectivity index (χ0) is 17.0. The fourth-order valence-electron chi connectivity index (χ4n) is 2.32. The van der Waals surface area contributed by atoms with Crippen molar-refractivity contribution in [2.24, 2.45) is 5.92 Å². The number of nitrogens with zero attached hydrogens (tertiary/aromatic N) is 2. The van der Waals surface area contributed by atoms with Crippen molar-refractivity contribution in [3.05, 3.63) is 23.9 Å². The monoisotopic (exact) mass is 331 g/mol. The van der Waals surface area contributed by atoms with Crippen LogP contribution >= 0.6 is 0 Å². The van der Waals surface area contributed by atoms with Gasteiger partial charge in [0.2, 0.25) is 5.88 Å². The Bertz CT molecular complexity index is 543. The highest BCUT2D eigenvalue weighted by molar-refractivity contribution is 5.92. The predicted octanol–water partition coefficient (Wildman–Crippen LogP) is 2.09. The molecular formula is C15H20F3N3O2. The predicted molar refractivity (Wildman–Crippen MR) is 78.3 cm³/mol. The molecule has 0 saturated heterocycles. The molecule has 1 aliphatic carbocycles. The number of alkyl halides is 3. The highest BCUT2D eigenvalue weighted by Crippen LogP contribution is 2.34. The van der Waals surface area contributed by atoms with E-state index in [0.29, 0.717) is 12.5 Å². The van der Waals surface area contributed by atoms with E-state index in [1.54, 1.807) is 0 Å². The number of halogens is 3. The summed E-state index contributed by atoms with van der Waals surface area (Å²) in [4.78, 5) is 18.0. The number of nitrogens with one attached hydrogen (secondary N) is 1. The maximum atomic E-state index is 12.1. The van der Waals surface area contributed by atoms with E-state index < -0.39 is 18.7 Å². The van der Waals surface area contributed by atoms with Gasteiger partial charge in [0, 0.05) is 18.7 Å². The van der Waals surface area contributed by atoms with E-state index in [1.165, 1.54) is 18.2 Å². The van der Waals surface area contributed by atoms with Crippen LogP contribution in [0.2, 0.25) is 0 Å². The number of hydrogen-bond acceptors (Lipinski definition) is 4. The first-order valence-electron chi connectivity index (χ1n) is 7.37. The lowest BCUT2D eigenvalue weighted by atomic mass is 10.1. The fraction of sp³-hybridized carbons (Fsp3) is 0.600. The Hall–Kier alpha value is -1.83. The summed E-state index contributed by atoms with van der Waals surface area (Å²) >= 11 is 0. The Morgan fingerprint density at radius 2 is 2.13 bits per heavy atom. The van der Waals surface area contributed by atoms with E-state index >= 15 is 0 Å². The van der Waals surface area contributed by atoms with Crippen LogP contribution in [-0.2, 0) is 0 Å². The zero-order valence-corrected chi connectivity index (χ0v) is 13.1. The summed E-state index contributed by atoms with van der Waals surface area (Å²) in [6.45, 7) is -0.957. The number of likely N-dealkylation sites (N-methyl/N-ethyl adjacent to an activating group) is 1. The first-order chi connectivity index (χ1) is 10.8. The number of carbonyl (C=O) groups is 1. The molecule has 8 heteroatoms. The summed E-state index contributed by atoms with van der Waals surface area (Å²) in [6.07, 6.45) is -2.14. The molecule has 2 rings (SSSR count). The molecule has 5 nitrogen and oxygen atoms in total. The van der Waals surface area contributed by atoms with Crippen molar-refractivity contribution in [3.63, 3.8) is 0 Å². The van der Waals surface area contributed by atoms with Crippen LogP contribution in [0.5, 0.6) is 5.88 Å². The maximum absolute atomic E-state index is 12.1. The third-order valence-electron chi connectivity index (χ3n) is 3.64. The van der Waals surface area contributed by atoms with Gasteiger partial charge in [0.25, 0.3) is 5.91 Å². The third-order valence-corrected chi connectivity index (χ3v) is 3.64. The molecule has 0 radical (unpaired) electrons. The molecule has 0 aliphatic heterocycles. The standard InChI is InChI=1S/C15H20F3N3O2/c1-21(2)12(10-6-7-10)8-19-14(22)11-4-3-5-13(20-11)23-9-15(16,17)18/h3-5,10,12H,6-9H2,1-2H3,(H,19,22)/t12-/m1/s1. The number of hydrogen-bond donors (Lipinski definition) is 1. The third kappa shape index (κ3) is 5.70. The molecule has 0 aromatic carbocycles. The number of rotatable bonds is 7. The smallest absolute Gasteiger partial charge is 0.422 e. The van der Waals surface area contributed by atoms with E-state index in [1.807, 2.05) is 14.1 Å². The number of amides is 1. The van der Waals surface area contributed by atoms with Crippen molar-refractivity contribution >= 4 is 5.91 Å². The summed E-state index contributed by atoms with van der Waals surface area (Å²) in [5.41, 5.74) is 0.0398. The second-order valence-electron chi connectivity index (χ2n) is 5.84. The average molecular weight is 331 g/mol. The van der Waals surface area contributed by atoms with E-state index in [9.17, 15) is 18.0 Å². The first-order valence-corrected chi connectivity index (χ1v) is 7.37. The molecule has 1 aromatic rings. The minimum absolute atomic E-state index is 0.0398. The molecule has 1 fully saturated rings. The molecule has 1 atom stereocenters. The van der Waals surface area contributed by atoms with E-state index in [0.717, 1.165) is 12.8 Å². The molecule has 128 valence electrons. The van der Waals surface area contributed by atoms with Gasteiger partial charge in [0.15, 0.2) is 6.61 Å². The molecule has 1 saturated carbocycles. The molecule has 1 amide bonds. The Kier molecular flexibility index (Phi) is 5.46. The van der Waals surface area contributed by atoms with Crippen molar-refractivity contribution in [2.75, 3.05) is 27.2 Å². The van der Waals surface area contributed by atoms with Crippen molar-refractivity contribution in [1.29, 1.82) is 0 Å². The van der Waals surface area contributed by atoms with Gasteiger partial charge in [0.05, 0.1) is 0 Å². The van der Waals surface area contributed by atoms with Crippen LogP contribution in [-0.4, -0.2) is 55.3 Å². The van der Waals surface area contributed by atoms with Gasteiger partial charge in [-0.1, -0.05) is 6.07 Å². The van der Waals surface area contributed by atoms with Gasteiger partial charge in [-0.05, 0) is 38.9 Å². The van der Waals surface area contributed by atoms with Crippen LogP contribution in [0.25, 0.3) is 0 Å². The van der Waals surface area contributed by atoms with Crippen LogP contribution in [0.4, 0.5) is 13.2 Å². The molecular weight excluding hydrogens is 311 g/mol. The second-order valence-corrected chi connectivity index (χ2v) is 5.84. The molecule has 1 N–H and O–H groups in total. The van der Waals surface area contributed by atoms with Crippen molar-refractivity contribution < 1.29 is 22.7 Å². The minimum Gasteiger partial charge on any atom is -0.468 e. The Balaban J connectivity index is 1.91. The van der Waals surface area contributed by atoms with E-state index in [-0.39, 0.29) is 17.6 Å². The Labute approximate surface area is 132 Å². The van der Waals surface area contributed by atoms with Gasteiger partial charge in [-0.3, -0.25) is 4.79 Å². The largest absolute Gasteiger partial charge is 0.468 e. The van der Waals surface area contributed by atoms with Crippen molar-refractivity contribution in [1.82, 2.24) is 15.2 Å². The highest BCUT2D eigenvalue weighted by Gasteiger charge is 2.33. The van der Waals surface area contributed by atoms with Crippen LogP contribution in [0.1, 0.15) is 23.3 Å². The summed E-state index contributed by atoms with van der Waals surface area (Å²) in [6, 6.07) is 4.42. The Morgan fingerprint density at radius 3 is 2.70 bits per heavy atom. The zero-order valence-electron chi connectivity index (χ0n) is 13.1. The number of carbonyl (C=O) groups excluding carboxylic acids is 1. The summed E-state index contributed by atoms with van der Waals surface area (Å²) in [7, 11) is 3.91. The number of ether oxygens (including phenoxy) is 1. The van der Waals surface area contributed by atoms with Gasteiger partial charge in [0.1, 0.15) is 5.69 Å². The lowest BCUT2D eigenvalue weighted by molar-refractivity contribution is -0.154. The number of aromatic nitrogens is 1. The molecule has 0 bridgehead atoms. The quantitative estimate of drug-likeness (QED) is 0.831. The average Bonchev–Trinajstić information content (AvgIpc) is 3.29. The van der Waals surface area contributed by atoms with E-state index in [2.05, 4.69) is 19.9 Å². The Morgan fingerprint density at radius 1 is 1.43 bits per heavy atom. The van der Waals surface area contributed by atoms with Gasteiger partial charge in [-0.2, -0.15) is 13.2 Å². The topological polar surface area (TPSA) is 54.5 Å². The highest BCUT2D eigenvalue weighted by atomic mass is 19.4. The SMILES string of the molecule is CN(C)[C@H](CNC(=O)c1cccc(OCC(F)(F)F)n1)C1CC1. The maximum Gasteiger partial charge on any atom is 0.422 e. The van der Waals surface area contributed by atoms with Crippen LogP contribution < -0.4 is 10.1 Å². The van der Waals surface area contributed by atoms with Crippen molar-refractivity contribution in [3.8, 4) is 5.88 Å². The lowest BCUT2D eigenvalue weighted by Gasteiger charge is -2.24. The van der Waals surface area contributed by atoms with Crippen LogP contribution in [0.3, 0.4) is 0 Å². The molecule has 1 heterocycles. The van der Waals surface area contributed by atoms with Crippen molar-refractivity contribution in [2.45, 2.75) is 25.1 Å². The van der Waals surface area contributed by atoms with Gasteiger partial charge < -0.3 is 15.0 Å². The van der Waals surface area contributed by atoms with Crippen LogP contribution in [0.15, 0.2) is 18.2 Å². The fourth-order valence-corrected chi connectivity index (χ4v) is 2.32. The molecule has 0 spiro atoms.